The molecule has 0 radical (unpaired) electrons. The third-order valence-corrected chi connectivity index (χ3v) is 6.55. The zero-order valence-corrected chi connectivity index (χ0v) is 18.2. The summed E-state index contributed by atoms with van der Waals surface area (Å²) < 4.78 is 6.90. The van der Waals surface area contributed by atoms with Gasteiger partial charge < -0.3 is 9.72 Å². The number of hydrogen-bond donors (Lipinski definition) is 1. The number of fused-ring (bicyclic) bond motifs is 1. The third kappa shape index (κ3) is 3.79. The number of ketones is 1. The second-order valence-corrected chi connectivity index (χ2v) is 8.70. The van der Waals surface area contributed by atoms with Crippen LogP contribution in [0.2, 0.25) is 0 Å². The number of nitrogens with zero attached hydrogens (tertiary/aromatic N) is 2. The summed E-state index contributed by atoms with van der Waals surface area (Å²) in [5.41, 5.74) is 2.33. The molecular formula is C20H21N3O4S2. The number of carbonyl (C=O) groups excluding carboxylic acids is 2. The average molecular weight is 432 g/mol. The minimum Gasteiger partial charge on any atom is -0.465 e. The van der Waals surface area contributed by atoms with Gasteiger partial charge in [0.15, 0.2) is 10.9 Å². The van der Waals surface area contributed by atoms with E-state index >= 15 is 0 Å². The van der Waals surface area contributed by atoms with Gasteiger partial charge in [-0.1, -0.05) is 17.8 Å². The summed E-state index contributed by atoms with van der Waals surface area (Å²) in [7, 11) is 1.30. The van der Waals surface area contributed by atoms with E-state index in [9.17, 15) is 14.4 Å². The van der Waals surface area contributed by atoms with Crippen molar-refractivity contribution in [3.05, 3.63) is 57.0 Å². The lowest BCUT2D eigenvalue weighted by Crippen LogP contribution is -2.24. The molecule has 0 saturated heterocycles. The van der Waals surface area contributed by atoms with Gasteiger partial charge >= 0.3 is 5.97 Å². The molecule has 3 aromatic heterocycles. The molecule has 0 aliphatic carbocycles. The van der Waals surface area contributed by atoms with Gasteiger partial charge in [0.1, 0.15) is 4.70 Å². The van der Waals surface area contributed by atoms with Crippen LogP contribution in [-0.4, -0.2) is 38.6 Å². The van der Waals surface area contributed by atoms with E-state index in [2.05, 4.69) is 16.5 Å². The summed E-state index contributed by atoms with van der Waals surface area (Å²) in [5, 5.41) is 1.74. The van der Waals surface area contributed by atoms with Crippen LogP contribution in [0.15, 0.2) is 34.1 Å². The van der Waals surface area contributed by atoms with Crippen LogP contribution < -0.4 is 5.56 Å². The van der Waals surface area contributed by atoms with Crippen molar-refractivity contribution < 1.29 is 14.3 Å². The number of hydrogen-bond acceptors (Lipinski definition) is 7. The number of ether oxygens (including phenoxy) is 1. The van der Waals surface area contributed by atoms with Crippen molar-refractivity contribution in [1.29, 1.82) is 0 Å². The number of allylic oxidation sites excluding steroid dienone is 1. The molecule has 0 saturated carbocycles. The maximum atomic E-state index is 13.1. The van der Waals surface area contributed by atoms with E-state index in [0.29, 0.717) is 44.4 Å². The second-order valence-electron chi connectivity index (χ2n) is 6.47. The van der Waals surface area contributed by atoms with Crippen LogP contribution in [-0.2, 0) is 11.3 Å². The van der Waals surface area contributed by atoms with Crippen LogP contribution in [0.1, 0.15) is 39.0 Å². The summed E-state index contributed by atoms with van der Waals surface area (Å²) in [6, 6.07) is 1.79. The van der Waals surface area contributed by atoms with Gasteiger partial charge in [-0.2, -0.15) is 0 Å². The summed E-state index contributed by atoms with van der Waals surface area (Å²) >= 11 is 2.55. The molecule has 1 atom stereocenters. The fourth-order valence-electron chi connectivity index (χ4n) is 3.12. The molecule has 9 heteroatoms. The Kier molecular flexibility index (Phi) is 6.09. The normalized spacial score (nSPS) is 12.1. The molecule has 0 aliphatic rings. The van der Waals surface area contributed by atoms with Crippen molar-refractivity contribution in [3.63, 3.8) is 0 Å². The van der Waals surface area contributed by atoms with Crippen molar-refractivity contribution in [2.75, 3.05) is 7.11 Å². The second kappa shape index (κ2) is 8.38. The number of thioether (sulfide) groups is 1. The molecule has 3 aromatic rings. The van der Waals surface area contributed by atoms with Gasteiger partial charge in [-0.15, -0.1) is 17.9 Å². The quantitative estimate of drug-likeness (QED) is 0.201. The molecule has 29 heavy (non-hydrogen) atoms. The van der Waals surface area contributed by atoms with Crippen molar-refractivity contribution in [1.82, 2.24) is 14.5 Å². The van der Waals surface area contributed by atoms with Crippen LogP contribution in [0, 0.1) is 13.8 Å². The van der Waals surface area contributed by atoms with Gasteiger partial charge in [-0.25, -0.2) is 9.78 Å². The molecule has 3 heterocycles. The lowest BCUT2D eigenvalue weighted by atomic mass is 10.1. The highest BCUT2D eigenvalue weighted by atomic mass is 32.2. The molecule has 1 unspecified atom stereocenters. The Bertz CT molecular complexity index is 1170. The summed E-state index contributed by atoms with van der Waals surface area (Å²) in [6.07, 6.45) is 1.63. The number of thiophene rings is 1. The van der Waals surface area contributed by atoms with Crippen LogP contribution in [0.5, 0.6) is 0 Å². The van der Waals surface area contributed by atoms with Gasteiger partial charge in [0.05, 0.1) is 29.1 Å². The number of rotatable bonds is 7. The first-order valence-electron chi connectivity index (χ1n) is 8.87. The van der Waals surface area contributed by atoms with Crippen LogP contribution in [0.3, 0.4) is 0 Å². The summed E-state index contributed by atoms with van der Waals surface area (Å²) in [5.74, 6) is -0.671. The molecule has 1 N–H and O–H groups in total. The van der Waals surface area contributed by atoms with Crippen LogP contribution in [0.4, 0.5) is 0 Å². The number of aromatic nitrogens is 3. The van der Waals surface area contributed by atoms with Gasteiger partial charge in [0.2, 0.25) is 0 Å². The van der Waals surface area contributed by atoms with Crippen molar-refractivity contribution in [3.8, 4) is 0 Å². The molecule has 3 rings (SSSR count). The van der Waals surface area contributed by atoms with Gasteiger partial charge in [-0.05, 0) is 37.8 Å². The Morgan fingerprint density at radius 2 is 2.17 bits per heavy atom. The van der Waals surface area contributed by atoms with Gasteiger partial charge in [-0.3, -0.25) is 14.2 Å². The highest BCUT2D eigenvalue weighted by molar-refractivity contribution is 8.00. The lowest BCUT2D eigenvalue weighted by molar-refractivity contribution is 0.0599. The monoisotopic (exact) mass is 431 g/mol. The zero-order chi connectivity index (χ0) is 21.3. The molecule has 152 valence electrons. The Balaban J connectivity index is 1.97. The molecule has 0 spiro atoms. The first-order chi connectivity index (χ1) is 13.8. The number of nitrogens with one attached hydrogen (secondary N) is 1. The molecule has 0 aliphatic heterocycles. The van der Waals surface area contributed by atoms with Crippen molar-refractivity contribution in [2.45, 2.75) is 37.7 Å². The van der Waals surface area contributed by atoms with E-state index in [4.69, 9.17) is 4.74 Å². The standard InChI is InChI=1S/C20H21N3O4S2/c1-6-8-23-18(25)17-13(7-9-28-17)22-20(23)29-12(4)16(24)15-10(2)14(11(3)21-15)19(26)27-5/h6-7,9,12,21H,1,8H2,2-5H3. The number of carbonyl (C=O) groups is 2. The number of esters is 1. The molecule has 0 fully saturated rings. The molecule has 7 nitrogen and oxygen atoms in total. The SMILES string of the molecule is C=CCn1c(SC(C)C(=O)c2[nH]c(C)c(C(=O)OC)c2C)nc2ccsc2c1=O. The van der Waals surface area contributed by atoms with E-state index in [1.807, 2.05) is 5.38 Å². The largest absolute Gasteiger partial charge is 0.465 e. The topological polar surface area (TPSA) is 94.1 Å². The third-order valence-electron chi connectivity index (χ3n) is 4.57. The van der Waals surface area contributed by atoms with Crippen LogP contribution in [0.25, 0.3) is 10.2 Å². The first-order valence-corrected chi connectivity index (χ1v) is 10.6. The molecule has 0 amide bonds. The van der Waals surface area contributed by atoms with E-state index in [1.165, 1.54) is 34.8 Å². The maximum Gasteiger partial charge on any atom is 0.339 e. The highest BCUT2D eigenvalue weighted by Crippen LogP contribution is 2.28. The summed E-state index contributed by atoms with van der Waals surface area (Å²) in [6.45, 7) is 9.20. The smallest absolute Gasteiger partial charge is 0.339 e. The van der Waals surface area contributed by atoms with Gasteiger partial charge in [0.25, 0.3) is 5.56 Å². The molecular weight excluding hydrogens is 410 g/mol. The number of aryl methyl sites for hydroxylation is 1. The number of aromatic amines is 1. The van der Waals surface area contributed by atoms with E-state index < -0.39 is 11.2 Å². The maximum absolute atomic E-state index is 13.1. The average Bonchev–Trinajstić information content (AvgIpc) is 3.27. The van der Waals surface area contributed by atoms with Crippen molar-refractivity contribution >= 4 is 45.1 Å². The fourth-order valence-corrected chi connectivity index (χ4v) is 4.88. The predicted octanol–water partition coefficient (Wildman–Crippen LogP) is 3.74. The van der Waals surface area contributed by atoms with E-state index in [1.54, 1.807) is 32.9 Å². The molecule has 0 aromatic carbocycles. The van der Waals surface area contributed by atoms with Crippen molar-refractivity contribution in [2.24, 2.45) is 0 Å². The fraction of sp³-hybridized carbons (Fsp3) is 0.300. The Hall–Kier alpha value is -2.65. The highest BCUT2D eigenvalue weighted by Gasteiger charge is 2.27. The lowest BCUT2D eigenvalue weighted by Gasteiger charge is -2.14. The Labute approximate surface area is 175 Å². The number of methoxy groups -OCH3 is 1. The minimum absolute atomic E-state index is 0.146. The predicted molar refractivity (Wildman–Crippen MR) is 115 cm³/mol. The Morgan fingerprint density at radius 3 is 2.83 bits per heavy atom. The minimum atomic E-state index is -0.531. The summed E-state index contributed by atoms with van der Waals surface area (Å²) in [4.78, 5) is 45.4. The molecule has 0 bridgehead atoms. The van der Waals surface area contributed by atoms with Gasteiger partial charge in [0, 0.05) is 12.2 Å². The van der Waals surface area contributed by atoms with E-state index in [0.717, 1.165) is 0 Å². The zero-order valence-electron chi connectivity index (χ0n) is 16.6. The first kappa shape index (κ1) is 21.1. The Morgan fingerprint density at radius 1 is 1.45 bits per heavy atom. The number of Topliss-reactive ketones (excluding diaryl/α,β-unsaturated/α-hetero) is 1. The van der Waals surface area contributed by atoms with Crippen LogP contribution >= 0.6 is 23.1 Å². The number of H-pyrrole nitrogens is 1. The van der Waals surface area contributed by atoms with E-state index in [-0.39, 0.29) is 11.3 Å².